The van der Waals surface area contributed by atoms with Gasteiger partial charge >= 0.3 is 0 Å². The Bertz CT molecular complexity index is 908. The zero-order valence-corrected chi connectivity index (χ0v) is 17.9. The molecule has 2 aromatic carbocycles. The minimum absolute atomic E-state index is 0.0974. The van der Waals surface area contributed by atoms with Crippen LogP contribution in [0.3, 0.4) is 0 Å². The van der Waals surface area contributed by atoms with Gasteiger partial charge in [-0.2, -0.15) is 0 Å². The molecule has 1 saturated heterocycles. The number of para-hydroxylation sites is 1. The fourth-order valence-corrected chi connectivity index (χ4v) is 5.30. The molecule has 0 spiro atoms. The summed E-state index contributed by atoms with van der Waals surface area (Å²) in [4.78, 5) is 29.9. The van der Waals surface area contributed by atoms with Crippen molar-refractivity contribution in [3.8, 4) is 0 Å². The van der Waals surface area contributed by atoms with Gasteiger partial charge in [-0.05, 0) is 50.1 Å². The highest BCUT2D eigenvalue weighted by molar-refractivity contribution is 7.98. The largest absolute Gasteiger partial charge is 0.327 e. The molecular weight excluding hydrogens is 380 g/mol. The van der Waals surface area contributed by atoms with Crippen LogP contribution in [0.15, 0.2) is 59.5 Å². The normalized spacial score (nSPS) is 22.8. The number of hydrogen-bond donors (Lipinski definition) is 1. The van der Waals surface area contributed by atoms with Crippen molar-refractivity contribution in [3.63, 3.8) is 0 Å². The smallest absolute Gasteiger partial charge is 0.250 e. The molecule has 0 aromatic heterocycles. The van der Waals surface area contributed by atoms with E-state index in [0.717, 1.165) is 41.8 Å². The van der Waals surface area contributed by atoms with E-state index in [9.17, 15) is 9.59 Å². The summed E-state index contributed by atoms with van der Waals surface area (Å²) < 4.78 is 0. The van der Waals surface area contributed by atoms with E-state index in [-0.39, 0.29) is 11.8 Å². The molecule has 29 heavy (non-hydrogen) atoms. The van der Waals surface area contributed by atoms with E-state index >= 15 is 0 Å². The quantitative estimate of drug-likeness (QED) is 0.720. The average Bonchev–Trinajstić information content (AvgIpc) is 3.24. The molecule has 0 bridgehead atoms. The molecule has 1 N–H and O–H groups in total. The highest BCUT2D eigenvalue weighted by Gasteiger charge is 2.55. The zero-order valence-electron chi connectivity index (χ0n) is 17.1. The number of amides is 2. The number of anilines is 1. The molecular formula is C24H28N2O2S. The van der Waals surface area contributed by atoms with Crippen molar-refractivity contribution in [2.45, 2.75) is 54.9 Å². The zero-order chi connectivity index (χ0) is 20.5. The second-order valence-electron chi connectivity index (χ2n) is 8.29. The Kier molecular flexibility index (Phi) is 5.43. The molecule has 5 heteroatoms. The monoisotopic (exact) mass is 408 g/mol. The fourth-order valence-electron chi connectivity index (χ4n) is 4.75. The highest BCUT2D eigenvalue weighted by atomic mass is 32.2. The van der Waals surface area contributed by atoms with Gasteiger partial charge in [-0.15, -0.1) is 11.8 Å². The molecule has 0 radical (unpaired) electrons. The standard InChI is InChI=1S/C24H28N2O2S/c1-23(21(27)25-19-12-6-7-13-20(19)29-2)16-17-26(23)22(28)24(14-8-9-15-24)18-10-4-3-5-11-18/h3-7,10-13H,8-9,14-17H2,1-2H3,(H,25,27). The Balaban J connectivity index is 1.59. The van der Waals surface area contributed by atoms with Gasteiger partial charge in [-0.25, -0.2) is 0 Å². The molecule has 2 aromatic rings. The summed E-state index contributed by atoms with van der Waals surface area (Å²) in [5, 5.41) is 3.08. The Labute approximate surface area is 177 Å². The average molecular weight is 409 g/mol. The fraction of sp³-hybridized carbons (Fsp3) is 0.417. The van der Waals surface area contributed by atoms with Crippen molar-refractivity contribution in [1.82, 2.24) is 4.90 Å². The molecule has 2 aliphatic rings. The summed E-state index contributed by atoms with van der Waals surface area (Å²) in [6.07, 6.45) is 6.52. The van der Waals surface area contributed by atoms with Crippen LogP contribution in [-0.4, -0.2) is 35.1 Å². The van der Waals surface area contributed by atoms with Crippen molar-refractivity contribution >= 4 is 29.3 Å². The first-order valence-electron chi connectivity index (χ1n) is 10.3. The Morgan fingerprint density at radius 3 is 2.24 bits per heavy atom. The van der Waals surface area contributed by atoms with Gasteiger partial charge in [-0.3, -0.25) is 9.59 Å². The second kappa shape index (κ2) is 7.86. The minimum atomic E-state index is -0.799. The first kappa shape index (κ1) is 20.0. The van der Waals surface area contributed by atoms with Gasteiger partial charge in [0.2, 0.25) is 11.8 Å². The van der Waals surface area contributed by atoms with Crippen LogP contribution < -0.4 is 5.32 Å². The Hall–Kier alpha value is -2.27. The van der Waals surface area contributed by atoms with Crippen molar-refractivity contribution in [3.05, 3.63) is 60.2 Å². The van der Waals surface area contributed by atoms with Crippen LogP contribution in [0.5, 0.6) is 0 Å². The summed E-state index contributed by atoms with van der Waals surface area (Å²) in [6.45, 7) is 2.54. The molecule has 2 fully saturated rings. The van der Waals surface area contributed by atoms with Crippen molar-refractivity contribution in [1.29, 1.82) is 0 Å². The topological polar surface area (TPSA) is 49.4 Å². The third-order valence-corrected chi connectivity index (χ3v) is 7.50. The first-order chi connectivity index (χ1) is 14.0. The number of rotatable bonds is 5. The SMILES string of the molecule is CSc1ccccc1NC(=O)C1(C)CCN1C(=O)C1(c2ccccc2)CCCC1. The van der Waals surface area contributed by atoms with Gasteiger partial charge < -0.3 is 10.2 Å². The molecule has 1 aliphatic carbocycles. The summed E-state index contributed by atoms with van der Waals surface area (Å²) in [5.74, 6) is 0.0167. The predicted molar refractivity (Wildman–Crippen MR) is 118 cm³/mol. The molecule has 152 valence electrons. The van der Waals surface area contributed by atoms with Gasteiger partial charge in [0.25, 0.3) is 0 Å². The van der Waals surface area contributed by atoms with Crippen LogP contribution in [-0.2, 0) is 15.0 Å². The number of likely N-dealkylation sites (tertiary alicyclic amines) is 1. The summed E-state index contributed by atoms with van der Waals surface area (Å²) >= 11 is 1.60. The predicted octanol–water partition coefficient (Wildman–Crippen LogP) is 4.85. The molecule has 1 heterocycles. The van der Waals surface area contributed by atoms with Gasteiger partial charge in [-0.1, -0.05) is 55.3 Å². The van der Waals surface area contributed by atoms with E-state index in [1.165, 1.54) is 0 Å². The van der Waals surface area contributed by atoms with Crippen LogP contribution in [0.2, 0.25) is 0 Å². The molecule has 1 atom stereocenters. The number of nitrogens with zero attached hydrogens (tertiary/aromatic N) is 1. The molecule has 1 unspecified atom stereocenters. The Morgan fingerprint density at radius 1 is 0.966 bits per heavy atom. The number of nitrogens with one attached hydrogen (secondary N) is 1. The van der Waals surface area contributed by atoms with Gasteiger partial charge in [0, 0.05) is 11.4 Å². The van der Waals surface area contributed by atoms with Crippen molar-refractivity contribution in [2.75, 3.05) is 18.1 Å². The van der Waals surface area contributed by atoms with Crippen LogP contribution in [0.1, 0.15) is 44.6 Å². The maximum Gasteiger partial charge on any atom is 0.250 e. The van der Waals surface area contributed by atoms with E-state index in [4.69, 9.17) is 0 Å². The van der Waals surface area contributed by atoms with Crippen molar-refractivity contribution in [2.24, 2.45) is 0 Å². The van der Waals surface area contributed by atoms with Gasteiger partial charge in [0.1, 0.15) is 5.54 Å². The lowest BCUT2D eigenvalue weighted by atomic mass is 9.74. The maximum absolute atomic E-state index is 13.8. The lowest BCUT2D eigenvalue weighted by Crippen LogP contribution is -2.68. The summed E-state index contributed by atoms with van der Waals surface area (Å²) in [5.41, 5.74) is 0.613. The van der Waals surface area contributed by atoms with Gasteiger partial charge in [0.05, 0.1) is 11.1 Å². The third-order valence-electron chi connectivity index (χ3n) is 6.70. The number of thioether (sulfide) groups is 1. The van der Waals surface area contributed by atoms with Gasteiger partial charge in [0.15, 0.2) is 0 Å². The maximum atomic E-state index is 13.8. The lowest BCUT2D eigenvalue weighted by molar-refractivity contribution is -0.159. The van der Waals surface area contributed by atoms with E-state index in [1.807, 2.05) is 60.5 Å². The molecule has 4 nitrogen and oxygen atoms in total. The number of hydrogen-bond acceptors (Lipinski definition) is 3. The molecule has 1 saturated carbocycles. The summed E-state index contributed by atoms with van der Waals surface area (Å²) in [7, 11) is 0. The number of benzene rings is 2. The van der Waals surface area contributed by atoms with E-state index in [2.05, 4.69) is 17.4 Å². The van der Waals surface area contributed by atoms with Crippen LogP contribution in [0.25, 0.3) is 0 Å². The lowest BCUT2D eigenvalue weighted by Gasteiger charge is -2.52. The number of carbonyl (C=O) groups is 2. The summed E-state index contributed by atoms with van der Waals surface area (Å²) in [6, 6.07) is 17.9. The van der Waals surface area contributed by atoms with E-state index in [0.29, 0.717) is 13.0 Å². The highest BCUT2D eigenvalue weighted by Crippen LogP contribution is 2.46. The van der Waals surface area contributed by atoms with Crippen LogP contribution in [0, 0.1) is 0 Å². The first-order valence-corrected chi connectivity index (χ1v) is 11.6. The van der Waals surface area contributed by atoms with Crippen molar-refractivity contribution < 1.29 is 9.59 Å². The minimum Gasteiger partial charge on any atom is -0.327 e. The van der Waals surface area contributed by atoms with E-state index < -0.39 is 11.0 Å². The second-order valence-corrected chi connectivity index (χ2v) is 9.14. The molecule has 2 amide bonds. The molecule has 4 rings (SSSR count). The molecule has 1 aliphatic heterocycles. The number of carbonyl (C=O) groups excluding carboxylic acids is 2. The Morgan fingerprint density at radius 2 is 1.62 bits per heavy atom. The van der Waals surface area contributed by atoms with Crippen LogP contribution >= 0.6 is 11.8 Å². The third kappa shape index (κ3) is 3.35. The van der Waals surface area contributed by atoms with E-state index in [1.54, 1.807) is 11.8 Å². The van der Waals surface area contributed by atoms with Crippen LogP contribution in [0.4, 0.5) is 5.69 Å².